The highest BCUT2D eigenvalue weighted by molar-refractivity contribution is 5.98. The second-order valence-corrected chi connectivity index (χ2v) is 9.30. The molecule has 0 saturated heterocycles. The first-order chi connectivity index (χ1) is 20.2. The number of phenolic OH excluding ortho intramolecular Hbond substituents is 1. The van der Waals surface area contributed by atoms with Gasteiger partial charge in [-0.25, -0.2) is 9.59 Å². The van der Waals surface area contributed by atoms with Crippen molar-refractivity contribution in [3.05, 3.63) is 119 Å². The highest BCUT2D eigenvalue weighted by atomic mass is 16.5. The number of anilines is 1. The van der Waals surface area contributed by atoms with Crippen LogP contribution in [-0.4, -0.2) is 47.1 Å². The van der Waals surface area contributed by atoms with E-state index in [0.29, 0.717) is 17.0 Å². The van der Waals surface area contributed by atoms with Gasteiger partial charge in [0.15, 0.2) is 0 Å². The Balaban J connectivity index is 1.30. The molecule has 10 heteroatoms. The Morgan fingerprint density at radius 3 is 1.90 bits per heavy atom. The standard InChI is InChI=1S/C32H28N2O8/c1-41-26-14-2-21(3-15-26)19-29(36)33-24-10-6-22(7-11-24)30(37)34-28(31(38)39)18-20-4-16-27(17-5-20)42-32(40)23-8-12-25(35)13-9-23/h2-17,28,35H,18-19H2,1H3,(H,33,36)(H,34,37)(H,38,39). The summed E-state index contributed by atoms with van der Waals surface area (Å²) < 4.78 is 10.4. The van der Waals surface area contributed by atoms with Crippen LogP contribution in [0.4, 0.5) is 5.69 Å². The maximum atomic E-state index is 12.8. The number of aromatic hydroxyl groups is 1. The molecule has 0 saturated carbocycles. The van der Waals surface area contributed by atoms with Crippen LogP contribution < -0.4 is 20.1 Å². The fraction of sp³-hybridized carbons (Fsp3) is 0.125. The summed E-state index contributed by atoms with van der Waals surface area (Å²) in [6, 6.07) is 23.9. The minimum absolute atomic E-state index is 0.00718. The number of methoxy groups -OCH3 is 1. The highest BCUT2D eigenvalue weighted by Gasteiger charge is 2.21. The molecule has 0 aliphatic carbocycles. The molecular formula is C32H28N2O8. The predicted molar refractivity (Wildman–Crippen MR) is 154 cm³/mol. The van der Waals surface area contributed by atoms with E-state index >= 15 is 0 Å². The fourth-order valence-corrected chi connectivity index (χ4v) is 3.97. The third-order valence-corrected chi connectivity index (χ3v) is 6.23. The number of phenols is 1. The lowest BCUT2D eigenvalue weighted by Gasteiger charge is -2.15. The summed E-state index contributed by atoms with van der Waals surface area (Å²) in [6.07, 6.45) is 0.154. The Morgan fingerprint density at radius 2 is 1.31 bits per heavy atom. The second kappa shape index (κ2) is 13.6. The van der Waals surface area contributed by atoms with Crippen molar-refractivity contribution in [3.8, 4) is 17.2 Å². The van der Waals surface area contributed by atoms with Crippen LogP contribution in [0.2, 0.25) is 0 Å². The molecule has 0 radical (unpaired) electrons. The molecule has 0 fully saturated rings. The molecule has 1 unspecified atom stereocenters. The maximum absolute atomic E-state index is 12.8. The van der Waals surface area contributed by atoms with Crippen LogP contribution in [0.3, 0.4) is 0 Å². The number of amides is 2. The zero-order chi connectivity index (χ0) is 30.1. The van der Waals surface area contributed by atoms with Gasteiger partial charge >= 0.3 is 11.9 Å². The van der Waals surface area contributed by atoms with E-state index in [1.807, 2.05) is 0 Å². The van der Waals surface area contributed by atoms with Gasteiger partial charge in [-0.3, -0.25) is 9.59 Å². The number of hydrogen-bond donors (Lipinski definition) is 4. The summed E-state index contributed by atoms with van der Waals surface area (Å²) in [6.45, 7) is 0. The summed E-state index contributed by atoms with van der Waals surface area (Å²) in [5.74, 6) is -1.67. The summed E-state index contributed by atoms with van der Waals surface area (Å²) in [7, 11) is 1.57. The number of aliphatic carboxylic acids is 1. The molecule has 0 heterocycles. The normalized spacial score (nSPS) is 11.2. The maximum Gasteiger partial charge on any atom is 0.343 e. The second-order valence-electron chi connectivity index (χ2n) is 9.30. The van der Waals surface area contributed by atoms with Crippen molar-refractivity contribution in [3.63, 3.8) is 0 Å². The van der Waals surface area contributed by atoms with E-state index < -0.39 is 23.9 Å². The van der Waals surface area contributed by atoms with Gasteiger partial charge in [-0.15, -0.1) is 0 Å². The monoisotopic (exact) mass is 568 g/mol. The lowest BCUT2D eigenvalue weighted by molar-refractivity contribution is -0.139. The average molecular weight is 569 g/mol. The van der Waals surface area contributed by atoms with Crippen LogP contribution in [0.15, 0.2) is 97.1 Å². The molecule has 0 aliphatic rings. The lowest BCUT2D eigenvalue weighted by atomic mass is 10.0. The van der Waals surface area contributed by atoms with Gasteiger partial charge in [0.25, 0.3) is 5.91 Å². The summed E-state index contributed by atoms with van der Waals surface area (Å²) >= 11 is 0. The molecule has 4 aromatic rings. The van der Waals surface area contributed by atoms with Crippen molar-refractivity contribution in [2.75, 3.05) is 12.4 Å². The van der Waals surface area contributed by atoms with Crippen molar-refractivity contribution in [2.24, 2.45) is 0 Å². The molecule has 214 valence electrons. The topological polar surface area (TPSA) is 151 Å². The molecule has 2 amide bonds. The molecule has 0 bridgehead atoms. The molecule has 0 aromatic heterocycles. The van der Waals surface area contributed by atoms with E-state index in [9.17, 15) is 29.4 Å². The molecule has 4 rings (SSSR count). The van der Waals surface area contributed by atoms with Gasteiger partial charge in [0, 0.05) is 17.7 Å². The Kier molecular flexibility index (Phi) is 9.52. The van der Waals surface area contributed by atoms with Crippen molar-refractivity contribution < 1.29 is 38.9 Å². The van der Waals surface area contributed by atoms with E-state index in [1.165, 1.54) is 48.5 Å². The van der Waals surface area contributed by atoms with Gasteiger partial charge in [0.1, 0.15) is 23.3 Å². The number of nitrogens with one attached hydrogen (secondary N) is 2. The van der Waals surface area contributed by atoms with Crippen LogP contribution in [0.1, 0.15) is 31.8 Å². The zero-order valence-corrected chi connectivity index (χ0v) is 22.6. The van der Waals surface area contributed by atoms with E-state index in [1.54, 1.807) is 55.6 Å². The molecule has 10 nitrogen and oxygen atoms in total. The molecule has 0 aliphatic heterocycles. The van der Waals surface area contributed by atoms with Crippen LogP contribution in [0.5, 0.6) is 17.2 Å². The molecule has 42 heavy (non-hydrogen) atoms. The van der Waals surface area contributed by atoms with Gasteiger partial charge in [-0.05, 0) is 83.9 Å². The Hall–Kier alpha value is -5.64. The number of rotatable bonds is 11. The quantitative estimate of drug-likeness (QED) is 0.155. The minimum atomic E-state index is -1.22. The van der Waals surface area contributed by atoms with Gasteiger partial charge in [0.2, 0.25) is 5.91 Å². The van der Waals surface area contributed by atoms with Crippen molar-refractivity contribution in [2.45, 2.75) is 18.9 Å². The molecular weight excluding hydrogens is 540 g/mol. The van der Waals surface area contributed by atoms with Crippen LogP contribution >= 0.6 is 0 Å². The smallest absolute Gasteiger partial charge is 0.343 e. The largest absolute Gasteiger partial charge is 0.508 e. The molecule has 4 N–H and O–H groups in total. The van der Waals surface area contributed by atoms with Crippen LogP contribution in [0.25, 0.3) is 0 Å². The van der Waals surface area contributed by atoms with Gasteiger partial charge in [-0.2, -0.15) is 0 Å². The van der Waals surface area contributed by atoms with Gasteiger partial charge in [-0.1, -0.05) is 24.3 Å². The van der Waals surface area contributed by atoms with Gasteiger partial charge < -0.3 is 30.3 Å². The van der Waals surface area contributed by atoms with E-state index in [2.05, 4.69) is 10.6 Å². The Labute approximate surface area is 241 Å². The lowest BCUT2D eigenvalue weighted by Crippen LogP contribution is -2.42. The Morgan fingerprint density at radius 1 is 0.738 bits per heavy atom. The third kappa shape index (κ3) is 8.18. The number of carboxylic acids is 1. The average Bonchev–Trinajstić information content (AvgIpc) is 2.98. The van der Waals surface area contributed by atoms with Crippen molar-refractivity contribution >= 4 is 29.4 Å². The van der Waals surface area contributed by atoms with E-state index in [4.69, 9.17) is 9.47 Å². The van der Waals surface area contributed by atoms with Crippen molar-refractivity contribution in [1.82, 2.24) is 5.32 Å². The first kappa shape index (κ1) is 29.3. The number of ether oxygens (including phenoxy) is 2. The van der Waals surface area contributed by atoms with Crippen LogP contribution in [-0.2, 0) is 22.4 Å². The fourth-order valence-electron chi connectivity index (χ4n) is 3.97. The SMILES string of the molecule is COc1ccc(CC(=O)Nc2ccc(C(=O)NC(Cc3ccc(OC(=O)c4ccc(O)cc4)cc3)C(=O)O)cc2)cc1. The number of hydrogen-bond acceptors (Lipinski definition) is 7. The number of carbonyl (C=O) groups is 4. The third-order valence-electron chi connectivity index (χ3n) is 6.23. The highest BCUT2D eigenvalue weighted by Crippen LogP contribution is 2.18. The summed E-state index contributed by atoms with van der Waals surface area (Å²) in [5.41, 5.74) is 2.39. The van der Waals surface area contributed by atoms with E-state index in [-0.39, 0.29) is 41.4 Å². The zero-order valence-electron chi connectivity index (χ0n) is 22.6. The predicted octanol–water partition coefficient (Wildman–Crippen LogP) is 4.23. The number of esters is 1. The van der Waals surface area contributed by atoms with E-state index in [0.717, 1.165) is 5.56 Å². The van der Waals surface area contributed by atoms with Crippen LogP contribution in [0, 0.1) is 0 Å². The molecule has 0 spiro atoms. The number of carbonyl (C=O) groups excluding carboxylic acids is 3. The first-order valence-electron chi connectivity index (χ1n) is 12.9. The number of carboxylic acid groups (broad SMARTS) is 1. The molecule has 4 aromatic carbocycles. The summed E-state index contributed by atoms with van der Waals surface area (Å²) in [5, 5.41) is 24.3. The molecule has 1 atom stereocenters. The number of benzene rings is 4. The first-order valence-corrected chi connectivity index (χ1v) is 12.9. The van der Waals surface area contributed by atoms with Crippen molar-refractivity contribution in [1.29, 1.82) is 0 Å². The Bertz CT molecular complexity index is 1550. The van der Waals surface area contributed by atoms with Gasteiger partial charge in [0.05, 0.1) is 19.1 Å². The minimum Gasteiger partial charge on any atom is -0.508 e. The summed E-state index contributed by atoms with van der Waals surface area (Å²) in [4.78, 5) is 49.3.